The van der Waals surface area contributed by atoms with Crippen LogP contribution in [0.1, 0.15) is 22.3 Å². The van der Waals surface area contributed by atoms with E-state index in [9.17, 15) is 9.18 Å². The van der Waals surface area contributed by atoms with E-state index in [4.69, 9.17) is 0 Å². The number of halogens is 1. The van der Waals surface area contributed by atoms with Crippen LogP contribution in [0.3, 0.4) is 0 Å². The maximum absolute atomic E-state index is 14.3. The van der Waals surface area contributed by atoms with Crippen molar-refractivity contribution in [2.75, 3.05) is 0 Å². The first-order valence-electron chi connectivity index (χ1n) is 12.7. The summed E-state index contributed by atoms with van der Waals surface area (Å²) in [6.07, 6.45) is 1.85. The summed E-state index contributed by atoms with van der Waals surface area (Å²) in [4.78, 5) is 16.1. The molecule has 3 heteroatoms. The Balaban J connectivity index is 1.54. The largest absolute Gasteiger partial charge is 0.330 e. The number of carbonyl (C=O) groups excluding carboxylic acids is 1. The van der Waals surface area contributed by atoms with Crippen LogP contribution >= 0.6 is 0 Å². The van der Waals surface area contributed by atoms with Crippen molar-refractivity contribution in [3.63, 3.8) is 0 Å². The third kappa shape index (κ3) is 6.32. The van der Waals surface area contributed by atoms with E-state index < -0.39 is 0 Å². The fourth-order valence-corrected chi connectivity index (χ4v) is 4.44. The number of hydrogen-bond acceptors (Lipinski definition) is 1. The fourth-order valence-electron chi connectivity index (χ4n) is 4.44. The predicted octanol–water partition coefficient (Wildman–Crippen LogP) is 8.26. The molecule has 38 heavy (non-hydrogen) atoms. The van der Waals surface area contributed by atoms with E-state index in [-0.39, 0.29) is 11.7 Å². The number of nitrogens with zero attached hydrogens (tertiary/aromatic N) is 1. The van der Waals surface area contributed by atoms with Crippen molar-refractivity contribution >= 4 is 17.6 Å². The highest BCUT2D eigenvalue weighted by molar-refractivity contribution is 6.24. The summed E-state index contributed by atoms with van der Waals surface area (Å²) in [7, 11) is 0. The Morgan fingerprint density at radius 1 is 0.579 bits per heavy atom. The van der Waals surface area contributed by atoms with Crippen LogP contribution < -0.4 is 0 Å². The van der Waals surface area contributed by atoms with E-state index in [0.717, 1.165) is 33.4 Å². The van der Waals surface area contributed by atoms with Gasteiger partial charge < -0.3 is 4.90 Å². The molecule has 0 N–H and O–H groups in total. The lowest BCUT2D eigenvalue weighted by molar-refractivity contribution is -0.126. The fraction of sp³-hybridized carbons (Fsp3) is 0.0571. The minimum Gasteiger partial charge on any atom is -0.330 e. The van der Waals surface area contributed by atoms with Crippen LogP contribution in [0, 0.1) is 5.82 Å². The van der Waals surface area contributed by atoms with Crippen molar-refractivity contribution < 1.29 is 9.18 Å². The molecule has 0 saturated heterocycles. The van der Waals surface area contributed by atoms with Gasteiger partial charge in [0, 0.05) is 18.7 Å². The number of carbonyl (C=O) groups is 1. The third-order valence-electron chi connectivity index (χ3n) is 6.43. The third-order valence-corrected chi connectivity index (χ3v) is 6.43. The normalized spacial score (nSPS) is 11.2. The molecule has 0 aromatic heterocycles. The molecule has 1 amide bonds. The Morgan fingerprint density at radius 3 is 1.58 bits per heavy atom. The summed E-state index contributed by atoms with van der Waals surface area (Å²) < 4.78 is 13.6. The molecule has 0 bridgehead atoms. The summed E-state index contributed by atoms with van der Waals surface area (Å²) in [6.45, 7) is 0.939. The number of benzene rings is 5. The topological polar surface area (TPSA) is 20.3 Å². The van der Waals surface area contributed by atoms with Gasteiger partial charge in [-0.3, -0.25) is 4.79 Å². The quantitative estimate of drug-likeness (QED) is 0.156. The van der Waals surface area contributed by atoms with Crippen molar-refractivity contribution in [1.29, 1.82) is 0 Å². The van der Waals surface area contributed by atoms with Crippen LogP contribution in [-0.4, -0.2) is 10.8 Å². The van der Waals surface area contributed by atoms with E-state index >= 15 is 0 Å². The summed E-state index contributed by atoms with van der Waals surface area (Å²) in [5.74, 6) is -0.397. The summed E-state index contributed by atoms with van der Waals surface area (Å²) in [6, 6.07) is 44.4. The molecule has 0 fully saturated rings. The first kappa shape index (κ1) is 24.9. The molecule has 0 aliphatic heterocycles. The van der Waals surface area contributed by atoms with Gasteiger partial charge in [-0.1, -0.05) is 127 Å². The van der Waals surface area contributed by atoms with Crippen molar-refractivity contribution in [2.24, 2.45) is 0 Å². The standard InChI is InChI=1S/C35H28FNO/c36-33-22-16-27(17-23-33)24-34(32-20-18-31(19-21-32)30-14-8-3-9-15-30)35(38)37(25-28-10-4-1-5-11-28)26-29-12-6-2-7-13-29/h1-24H,25-26H2. The SMILES string of the molecule is O=C(C(=Cc1ccc(F)cc1)c1ccc(-c2ccccc2)cc1)N(Cc1ccccc1)Cc1ccccc1. The van der Waals surface area contributed by atoms with Crippen LogP contribution in [0.5, 0.6) is 0 Å². The van der Waals surface area contributed by atoms with Crippen molar-refractivity contribution in [3.05, 3.63) is 168 Å². The lowest BCUT2D eigenvalue weighted by Gasteiger charge is -2.25. The van der Waals surface area contributed by atoms with E-state index in [2.05, 4.69) is 12.1 Å². The van der Waals surface area contributed by atoms with Gasteiger partial charge in [0.2, 0.25) is 0 Å². The van der Waals surface area contributed by atoms with Crippen molar-refractivity contribution in [2.45, 2.75) is 13.1 Å². The Hall–Kier alpha value is -4.76. The number of hydrogen-bond donors (Lipinski definition) is 0. The second-order valence-electron chi connectivity index (χ2n) is 9.19. The minimum atomic E-state index is -0.308. The van der Waals surface area contributed by atoms with Crippen LogP contribution in [0.25, 0.3) is 22.8 Å². The van der Waals surface area contributed by atoms with Crippen LogP contribution in [0.15, 0.2) is 140 Å². The first-order valence-corrected chi connectivity index (χ1v) is 12.7. The maximum atomic E-state index is 14.3. The van der Waals surface area contributed by atoms with Gasteiger partial charge in [0.15, 0.2) is 0 Å². The lowest BCUT2D eigenvalue weighted by Crippen LogP contribution is -2.30. The molecule has 5 aromatic carbocycles. The zero-order valence-corrected chi connectivity index (χ0v) is 21.0. The molecule has 0 saturated carbocycles. The summed E-state index contributed by atoms with van der Waals surface area (Å²) in [5.41, 5.74) is 6.43. The van der Waals surface area contributed by atoms with Gasteiger partial charge in [-0.15, -0.1) is 0 Å². The monoisotopic (exact) mass is 497 g/mol. The van der Waals surface area contributed by atoms with Crippen molar-refractivity contribution in [3.8, 4) is 11.1 Å². The Bertz CT molecular complexity index is 1450. The Labute approximate surface area is 223 Å². The van der Waals surface area contributed by atoms with Crippen LogP contribution in [0.4, 0.5) is 4.39 Å². The molecule has 0 aliphatic rings. The highest BCUT2D eigenvalue weighted by Gasteiger charge is 2.21. The highest BCUT2D eigenvalue weighted by Crippen LogP contribution is 2.27. The van der Waals surface area contributed by atoms with Gasteiger partial charge in [-0.25, -0.2) is 4.39 Å². The van der Waals surface area contributed by atoms with E-state index in [1.165, 1.54) is 12.1 Å². The van der Waals surface area contributed by atoms with Gasteiger partial charge in [0.1, 0.15) is 5.82 Å². The summed E-state index contributed by atoms with van der Waals surface area (Å²) >= 11 is 0. The average Bonchev–Trinajstić information content (AvgIpc) is 2.98. The average molecular weight is 498 g/mol. The van der Waals surface area contributed by atoms with E-state index in [1.807, 2.05) is 114 Å². The minimum absolute atomic E-state index is 0.0884. The smallest absolute Gasteiger partial charge is 0.255 e. The molecule has 186 valence electrons. The molecule has 0 heterocycles. The molecule has 2 nitrogen and oxygen atoms in total. The molecular formula is C35H28FNO. The van der Waals surface area contributed by atoms with Crippen molar-refractivity contribution in [1.82, 2.24) is 4.90 Å². The predicted molar refractivity (Wildman–Crippen MR) is 153 cm³/mol. The number of amides is 1. The molecule has 5 aromatic rings. The van der Waals surface area contributed by atoms with E-state index in [1.54, 1.807) is 12.1 Å². The van der Waals surface area contributed by atoms with Crippen LogP contribution in [0.2, 0.25) is 0 Å². The number of rotatable bonds is 8. The van der Waals surface area contributed by atoms with Crippen LogP contribution in [-0.2, 0) is 17.9 Å². The molecule has 0 spiro atoms. The molecular weight excluding hydrogens is 469 g/mol. The maximum Gasteiger partial charge on any atom is 0.255 e. The second kappa shape index (κ2) is 12.0. The Morgan fingerprint density at radius 2 is 1.05 bits per heavy atom. The Kier molecular flexibility index (Phi) is 7.86. The zero-order chi connectivity index (χ0) is 26.2. The molecule has 0 unspecified atom stereocenters. The zero-order valence-electron chi connectivity index (χ0n) is 21.0. The molecule has 0 aliphatic carbocycles. The molecule has 0 radical (unpaired) electrons. The van der Waals surface area contributed by atoms with Gasteiger partial charge in [-0.05, 0) is 51.6 Å². The van der Waals surface area contributed by atoms with Gasteiger partial charge in [0.25, 0.3) is 5.91 Å². The first-order chi connectivity index (χ1) is 18.7. The van der Waals surface area contributed by atoms with Gasteiger partial charge >= 0.3 is 0 Å². The molecule has 0 atom stereocenters. The van der Waals surface area contributed by atoms with Gasteiger partial charge in [-0.2, -0.15) is 0 Å². The highest BCUT2D eigenvalue weighted by atomic mass is 19.1. The lowest BCUT2D eigenvalue weighted by atomic mass is 9.97. The molecule has 5 rings (SSSR count). The van der Waals surface area contributed by atoms with E-state index in [0.29, 0.717) is 18.7 Å². The second-order valence-corrected chi connectivity index (χ2v) is 9.19. The summed E-state index contributed by atoms with van der Waals surface area (Å²) in [5, 5.41) is 0. The van der Waals surface area contributed by atoms with Gasteiger partial charge in [0.05, 0.1) is 0 Å².